The average Bonchev–Trinajstić information content (AvgIpc) is 3.15. The van der Waals surface area contributed by atoms with Gasteiger partial charge in [0.05, 0.1) is 12.3 Å². The number of ether oxygens (including phenoxy) is 1. The third kappa shape index (κ3) is 5.07. The maximum absolute atomic E-state index is 13.9. The van der Waals surface area contributed by atoms with Crippen molar-refractivity contribution in [2.24, 2.45) is 5.92 Å². The van der Waals surface area contributed by atoms with Crippen molar-refractivity contribution in [3.8, 4) is 0 Å². The lowest BCUT2D eigenvalue weighted by Gasteiger charge is -2.33. The van der Waals surface area contributed by atoms with E-state index in [1.54, 1.807) is 24.3 Å². The molecule has 0 aliphatic carbocycles. The molecular weight excluding hydrogens is 445 g/mol. The molecule has 0 spiro atoms. The molecule has 2 atom stereocenters. The quantitative estimate of drug-likeness (QED) is 0.531. The number of hydrogen-bond acceptors (Lipinski definition) is 4. The minimum absolute atomic E-state index is 0.00236. The molecule has 2 aliphatic heterocycles. The van der Waals surface area contributed by atoms with Crippen LogP contribution in [-0.2, 0) is 20.9 Å². The molecule has 9 heteroatoms. The molecule has 2 fully saturated rings. The van der Waals surface area contributed by atoms with Crippen molar-refractivity contribution in [3.63, 3.8) is 0 Å². The predicted molar refractivity (Wildman–Crippen MR) is 111 cm³/mol. The summed E-state index contributed by atoms with van der Waals surface area (Å²) in [5.74, 6) is -4.38. The van der Waals surface area contributed by atoms with Gasteiger partial charge in [0.2, 0.25) is 5.91 Å². The van der Waals surface area contributed by atoms with Crippen molar-refractivity contribution in [1.29, 1.82) is 0 Å². The molecule has 0 saturated carbocycles. The molecule has 0 radical (unpaired) electrons. The van der Waals surface area contributed by atoms with E-state index in [1.165, 1.54) is 0 Å². The highest BCUT2D eigenvalue weighted by atomic mass is 35.5. The summed E-state index contributed by atoms with van der Waals surface area (Å²) in [7, 11) is 0. The Bertz CT molecular complexity index is 1010. The van der Waals surface area contributed by atoms with Gasteiger partial charge in [0.1, 0.15) is 11.9 Å². The van der Waals surface area contributed by atoms with Gasteiger partial charge >= 0.3 is 5.97 Å². The monoisotopic (exact) mass is 466 g/mol. The summed E-state index contributed by atoms with van der Waals surface area (Å²) < 4.78 is 46.1. The zero-order valence-electron chi connectivity index (χ0n) is 17.1. The van der Waals surface area contributed by atoms with Crippen LogP contribution >= 0.6 is 11.6 Å². The fourth-order valence-corrected chi connectivity index (χ4v) is 4.38. The number of amides is 1. The Labute approximate surface area is 188 Å². The Balaban J connectivity index is 1.33. The summed E-state index contributed by atoms with van der Waals surface area (Å²) in [6.07, 6.45) is 0.532. The number of nitrogens with zero attached hydrogens (tertiary/aromatic N) is 1. The number of rotatable bonds is 5. The zero-order chi connectivity index (χ0) is 22.8. The number of nitrogens with one attached hydrogen (secondary N) is 1. The highest BCUT2D eigenvalue weighted by molar-refractivity contribution is 6.30. The van der Waals surface area contributed by atoms with E-state index in [0.29, 0.717) is 42.6 Å². The maximum atomic E-state index is 13.9. The van der Waals surface area contributed by atoms with Gasteiger partial charge in [0.15, 0.2) is 11.6 Å². The number of carbonyl (C=O) groups is 2. The Hall–Kier alpha value is -2.58. The second-order valence-electron chi connectivity index (χ2n) is 8.19. The first kappa shape index (κ1) is 22.6. The highest BCUT2D eigenvalue weighted by Gasteiger charge is 2.41. The van der Waals surface area contributed by atoms with Gasteiger partial charge in [-0.2, -0.15) is 0 Å². The van der Waals surface area contributed by atoms with Crippen molar-refractivity contribution in [3.05, 3.63) is 70.0 Å². The van der Waals surface area contributed by atoms with E-state index in [0.717, 1.165) is 6.07 Å². The number of carbonyl (C=O) groups excluding carboxylic acids is 2. The van der Waals surface area contributed by atoms with Gasteiger partial charge in [-0.15, -0.1) is 0 Å². The van der Waals surface area contributed by atoms with Crippen LogP contribution in [0.15, 0.2) is 36.4 Å². The standard InChI is InChI=1S/C23H22ClF3N2O3/c24-15-3-1-13(2-4-15)22-18(11-20(30)32-22)23(31)28-17-5-7-29(8-6-17)12-14-9-16(25)10-19(26)21(14)27/h1-4,9-10,17-18,22H,5-8,11-12H2,(H,28,31). The fraction of sp³-hybridized carbons (Fsp3) is 0.391. The molecule has 2 unspecified atom stereocenters. The summed E-state index contributed by atoms with van der Waals surface area (Å²) >= 11 is 5.91. The number of likely N-dealkylation sites (tertiary alicyclic amines) is 1. The van der Waals surface area contributed by atoms with Crippen molar-refractivity contribution < 1.29 is 27.5 Å². The third-order valence-electron chi connectivity index (χ3n) is 5.94. The van der Waals surface area contributed by atoms with E-state index < -0.39 is 35.4 Å². The first-order valence-electron chi connectivity index (χ1n) is 10.4. The van der Waals surface area contributed by atoms with Crippen LogP contribution in [0.2, 0.25) is 5.02 Å². The Kier molecular flexibility index (Phi) is 6.71. The first-order chi connectivity index (χ1) is 15.3. The Morgan fingerprint density at radius 1 is 1.12 bits per heavy atom. The topological polar surface area (TPSA) is 58.6 Å². The van der Waals surface area contributed by atoms with E-state index >= 15 is 0 Å². The van der Waals surface area contributed by atoms with Crippen LogP contribution < -0.4 is 5.32 Å². The summed E-state index contributed by atoms with van der Waals surface area (Å²) in [5.41, 5.74) is 0.678. The summed E-state index contributed by atoms with van der Waals surface area (Å²) in [6, 6.07) is 8.24. The van der Waals surface area contributed by atoms with Crippen LogP contribution in [-0.4, -0.2) is 35.9 Å². The van der Waals surface area contributed by atoms with Crippen LogP contribution in [0.1, 0.15) is 36.5 Å². The van der Waals surface area contributed by atoms with Crippen LogP contribution in [0.3, 0.4) is 0 Å². The van der Waals surface area contributed by atoms with E-state index in [1.807, 2.05) is 4.90 Å². The Morgan fingerprint density at radius 3 is 2.50 bits per heavy atom. The minimum Gasteiger partial charge on any atom is -0.457 e. The third-order valence-corrected chi connectivity index (χ3v) is 6.19. The first-order valence-corrected chi connectivity index (χ1v) is 10.8. The van der Waals surface area contributed by atoms with Gasteiger partial charge in [-0.1, -0.05) is 23.7 Å². The molecule has 2 heterocycles. The number of esters is 1. The Morgan fingerprint density at radius 2 is 1.81 bits per heavy atom. The molecule has 1 amide bonds. The van der Waals surface area contributed by atoms with Gasteiger partial charge in [-0.25, -0.2) is 13.2 Å². The lowest BCUT2D eigenvalue weighted by atomic mass is 9.93. The second kappa shape index (κ2) is 9.50. The molecule has 170 valence electrons. The number of piperidine rings is 1. The largest absolute Gasteiger partial charge is 0.457 e. The lowest BCUT2D eigenvalue weighted by molar-refractivity contribution is -0.141. The molecule has 2 aromatic carbocycles. The number of benzene rings is 2. The van der Waals surface area contributed by atoms with E-state index in [-0.39, 0.29) is 30.5 Å². The molecule has 0 bridgehead atoms. The normalized spacial score (nSPS) is 22.1. The molecule has 4 rings (SSSR count). The molecule has 2 saturated heterocycles. The lowest BCUT2D eigenvalue weighted by Crippen LogP contribution is -2.46. The molecular formula is C23H22ClF3N2O3. The highest BCUT2D eigenvalue weighted by Crippen LogP contribution is 2.36. The van der Waals surface area contributed by atoms with Crippen molar-refractivity contribution in [1.82, 2.24) is 10.2 Å². The van der Waals surface area contributed by atoms with Gasteiger partial charge in [0.25, 0.3) is 0 Å². The second-order valence-corrected chi connectivity index (χ2v) is 8.63. The maximum Gasteiger partial charge on any atom is 0.307 e. The van der Waals surface area contributed by atoms with Crippen molar-refractivity contribution in [2.75, 3.05) is 13.1 Å². The molecule has 2 aliphatic rings. The number of hydrogen-bond donors (Lipinski definition) is 1. The fourth-order valence-electron chi connectivity index (χ4n) is 4.25. The minimum atomic E-state index is -1.20. The number of cyclic esters (lactones) is 1. The smallest absolute Gasteiger partial charge is 0.307 e. The van der Waals surface area contributed by atoms with Crippen LogP contribution in [0.5, 0.6) is 0 Å². The van der Waals surface area contributed by atoms with Gasteiger partial charge in [0, 0.05) is 42.3 Å². The molecule has 1 N–H and O–H groups in total. The van der Waals surface area contributed by atoms with Gasteiger partial charge in [-0.3, -0.25) is 14.5 Å². The predicted octanol–water partition coefficient (Wildman–Crippen LogP) is 4.14. The van der Waals surface area contributed by atoms with Crippen molar-refractivity contribution in [2.45, 2.75) is 38.0 Å². The van der Waals surface area contributed by atoms with Gasteiger partial charge in [-0.05, 0) is 36.6 Å². The molecule has 32 heavy (non-hydrogen) atoms. The van der Waals surface area contributed by atoms with Crippen LogP contribution in [0.25, 0.3) is 0 Å². The summed E-state index contributed by atoms with van der Waals surface area (Å²) in [5, 5.41) is 3.54. The van der Waals surface area contributed by atoms with E-state index in [4.69, 9.17) is 16.3 Å². The van der Waals surface area contributed by atoms with Crippen molar-refractivity contribution >= 4 is 23.5 Å². The van der Waals surface area contributed by atoms with E-state index in [2.05, 4.69) is 5.32 Å². The SMILES string of the molecule is O=C1CC(C(=O)NC2CCN(Cc3cc(F)cc(F)c3F)CC2)C(c2ccc(Cl)cc2)O1. The molecule has 0 aromatic heterocycles. The van der Waals surface area contributed by atoms with E-state index in [9.17, 15) is 22.8 Å². The number of halogens is 4. The van der Waals surface area contributed by atoms with Gasteiger partial charge < -0.3 is 10.1 Å². The average molecular weight is 467 g/mol. The molecule has 5 nitrogen and oxygen atoms in total. The summed E-state index contributed by atoms with van der Waals surface area (Å²) in [4.78, 5) is 26.6. The van der Waals surface area contributed by atoms with Crippen LogP contribution in [0.4, 0.5) is 13.2 Å². The van der Waals surface area contributed by atoms with Crippen LogP contribution in [0, 0.1) is 23.4 Å². The molecule has 2 aromatic rings. The zero-order valence-corrected chi connectivity index (χ0v) is 17.9. The summed E-state index contributed by atoms with van der Waals surface area (Å²) in [6.45, 7) is 1.15.